The highest BCUT2D eigenvalue weighted by molar-refractivity contribution is 7.12. The minimum atomic E-state index is 0.547. The van der Waals surface area contributed by atoms with Crippen molar-refractivity contribution in [3.8, 4) is 0 Å². The summed E-state index contributed by atoms with van der Waals surface area (Å²) in [5.74, 6) is 0. The Morgan fingerprint density at radius 1 is 1.15 bits per heavy atom. The molecule has 1 aromatic carbocycles. The Balaban J connectivity index is 1.64. The van der Waals surface area contributed by atoms with Gasteiger partial charge in [-0.15, -0.1) is 11.3 Å². The lowest BCUT2D eigenvalue weighted by atomic mass is 10.2. The summed E-state index contributed by atoms with van der Waals surface area (Å²) in [5, 5.41) is 3.48. The van der Waals surface area contributed by atoms with Crippen molar-refractivity contribution in [1.29, 1.82) is 0 Å². The second-order valence-electron chi connectivity index (χ2n) is 5.70. The second-order valence-corrected chi connectivity index (χ2v) is 6.96. The van der Waals surface area contributed by atoms with E-state index in [-0.39, 0.29) is 0 Å². The summed E-state index contributed by atoms with van der Waals surface area (Å²) in [4.78, 5) is 5.39. The number of benzene rings is 1. The molecule has 0 bridgehead atoms. The average Bonchev–Trinajstić information content (AvgIpc) is 3.05. The van der Waals surface area contributed by atoms with Gasteiger partial charge in [0, 0.05) is 34.6 Å². The molecule has 0 unspecified atom stereocenters. The summed E-state index contributed by atoms with van der Waals surface area (Å²) in [6, 6.07) is 13.9. The highest BCUT2D eigenvalue weighted by Gasteiger charge is 2.18. The first kappa shape index (κ1) is 13.7. The number of thiophene rings is 1. The van der Waals surface area contributed by atoms with Crippen LogP contribution in [0.2, 0.25) is 0 Å². The van der Waals surface area contributed by atoms with Gasteiger partial charge >= 0.3 is 0 Å². The molecule has 0 atom stereocenters. The molecule has 0 aliphatic carbocycles. The van der Waals surface area contributed by atoms with Crippen LogP contribution in [0.1, 0.15) is 29.2 Å². The van der Waals surface area contributed by atoms with E-state index in [0.717, 1.165) is 19.6 Å². The normalized spacial score (nSPS) is 14.1. The van der Waals surface area contributed by atoms with Crippen LogP contribution in [0, 0.1) is 0 Å². The van der Waals surface area contributed by atoms with Crippen molar-refractivity contribution in [2.75, 3.05) is 11.4 Å². The summed E-state index contributed by atoms with van der Waals surface area (Å²) in [6.45, 7) is 7.56. The van der Waals surface area contributed by atoms with E-state index in [1.54, 1.807) is 0 Å². The van der Waals surface area contributed by atoms with Crippen LogP contribution in [0.3, 0.4) is 0 Å². The van der Waals surface area contributed by atoms with Gasteiger partial charge in [0.1, 0.15) is 0 Å². The van der Waals surface area contributed by atoms with Crippen LogP contribution in [0.5, 0.6) is 0 Å². The Hall–Kier alpha value is -1.32. The molecule has 1 aromatic heterocycles. The third kappa shape index (κ3) is 3.05. The SMILES string of the molecule is CC(C)NCc1ccc(CN2CCc3ccccc32)s1. The Morgan fingerprint density at radius 3 is 2.80 bits per heavy atom. The lowest BCUT2D eigenvalue weighted by Crippen LogP contribution is -2.21. The quantitative estimate of drug-likeness (QED) is 0.899. The van der Waals surface area contributed by atoms with Crippen molar-refractivity contribution < 1.29 is 0 Å². The molecule has 2 heterocycles. The van der Waals surface area contributed by atoms with Crippen molar-refractivity contribution in [1.82, 2.24) is 5.32 Å². The number of anilines is 1. The van der Waals surface area contributed by atoms with Crippen molar-refractivity contribution in [2.24, 2.45) is 0 Å². The number of nitrogens with one attached hydrogen (secondary N) is 1. The van der Waals surface area contributed by atoms with Crippen LogP contribution in [0.15, 0.2) is 36.4 Å². The second kappa shape index (κ2) is 5.98. The molecule has 0 spiro atoms. The van der Waals surface area contributed by atoms with Crippen molar-refractivity contribution in [3.63, 3.8) is 0 Å². The Bertz CT molecular complexity index is 574. The zero-order valence-corrected chi connectivity index (χ0v) is 13.0. The topological polar surface area (TPSA) is 15.3 Å². The van der Waals surface area contributed by atoms with Crippen LogP contribution in [0.4, 0.5) is 5.69 Å². The molecule has 2 nitrogen and oxygen atoms in total. The van der Waals surface area contributed by atoms with E-state index in [1.165, 1.54) is 27.4 Å². The van der Waals surface area contributed by atoms with Gasteiger partial charge in [0.2, 0.25) is 0 Å². The van der Waals surface area contributed by atoms with Gasteiger partial charge in [-0.1, -0.05) is 32.0 Å². The van der Waals surface area contributed by atoms with Crippen molar-refractivity contribution in [3.05, 3.63) is 51.7 Å². The zero-order valence-electron chi connectivity index (χ0n) is 12.2. The Kier molecular flexibility index (Phi) is 4.08. The van der Waals surface area contributed by atoms with Crippen LogP contribution >= 0.6 is 11.3 Å². The monoisotopic (exact) mass is 286 g/mol. The lowest BCUT2D eigenvalue weighted by Gasteiger charge is -2.18. The van der Waals surface area contributed by atoms with E-state index in [4.69, 9.17) is 0 Å². The third-order valence-corrected chi connectivity index (χ3v) is 4.80. The van der Waals surface area contributed by atoms with Gasteiger partial charge in [0.15, 0.2) is 0 Å². The fraction of sp³-hybridized carbons (Fsp3) is 0.412. The first-order chi connectivity index (χ1) is 9.72. The van der Waals surface area contributed by atoms with Gasteiger partial charge in [-0.3, -0.25) is 0 Å². The number of hydrogen-bond donors (Lipinski definition) is 1. The molecule has 2 aromatic rings. The number of hydrogen-bond acceptors (Lipinski definition) is 3. The minimum Gasteiger partial charge on any atom is -0.366 e. The van der Waals surface area contributed by atoms with E-state index in [1.807, 2.05) is 11.3 Å². The summed E-state index contributed by atoms with van der Waals surface area (Å²) in [5.41, 5.74) is 2.91. The molecule has 0 amide bonds. The van der Waals surface area contributed by atoms with Crippen LogP contribution in [-0.2, 0) is 19.5 Å². The van der Waals surface area contributed by atoms with E-state index in [9.17, 15) is 0 Å². The first-order valence-electron chi connectivity index (χ1n) is 7.36. The zero-order chi connectivity index (χ0) is 13.9. The van der Waals surface area contributed by atoms with Crippen LogP contribution < -0.4 is 10.2 Å². The van der Waals surface area contributed by atoms with Crippen LogP contribution in [-0.4, -0.2) is 12.6 Å². The smallest absolute Gasteiger partial charge is 0.0523 e. The number of fused-ring (bicyclic) bond motifs is 1. The summed E-state index contributed by atoms with van der Waals surface area (Å²) in [6.07, 6.45) is 1.18. The van der Waals surface area contributed by atoms with Gasteiger partial charge in [-0.05, 0) is 30.2 Å². The Labute approximate surface area is 125 Å². The van der Waals surface area contributed by atoms with Crippen LogP contribution in [0.25, 0.3) is 0 Å². The van der Waals surface area contributed by atoms with Crippen molar-refractivity contribution in [2.45, 2.75) is 39.4 Å². The molecule has 3 rings (SSSR count). The maximum absolute atomic E-state index is 3.48. The molecule has 0 saturated carbocycles. The molecule has 0 radical (unpaired) electrons. The molecule has 1 aliphatic rings. The standard InChI is InChI=1S/C17H22N2S/c1-13(2)18-11-15-7-8-16(20-15)12-19-10-9-14-5-3-4-6-17(14)19/h3-8,13,18H,9-12H2,1-2H3. The molecular formula is C17H22N2S. The average molecular weight is 286 g/mol. The fourth-order valence-corrected chi connectivity index (χ4v) is 3.65. The molecule has 3 heteroatoms. The van der Waals surface area contributed by atoms with Crippen molar-refractivity contribution >= 4 is 17.0 Å². The summed E-state index contributed by atoms with van der Waals surface area (Å²) in [7, 11) is 0. The molecule has 106 valence electrons. The Morgan fingerprint density at radius 2 is 1.95 bits per heavy atom. The largest absolute Gasteiger partial charge is 0.366 e. The maximum atomic E-state index is 3.48. The highest BCUT2D eigenvalue weighted by atomic mass is 32.1. The molecule has 0 saturated heterocycles. The molecule has 1 N–H and O–H groups in total. The molecular weight excluding hydrogens is 264 g/mol. The van der Waals surface area contributed by atoms with Gasteiger partial charge in [-0.25, -0.2) is 0 Å². The van der Waals surface area contributed by atoms with Gasteiger partial charge in [-0.2, -0.15) is 0 Å². The van der Waals surface area contributed by atoms with E-state index in [0.29, 0.717) is 6.04 Å². The summed E-state index contributed by atoms with van der Waals surface area (Å²) < 4.78 is 0. The molecule has 1 aliphatic heterocycles. The molecule has 0 fully saturated rings. The predicted octanol–water partition coefficient (Wildman–Crippen LogP) is 3.81. The molecule has 20 heavy (non-hydrogen) atoms. The van der Waals surface area contributed by atoms with E-state index >= 15 is 0 Å². The van der Waals surface area contributed by atoms with Gasteiger partial charge in [0.25, 0.3) is 0 Å². The van der Waals surface area contributed by atoms with E-state index < -0.39 is 0 Å². The maximum Gasteiger partial charge on any atom is 0.0523 e. The first-order valence-corrected chi connectivity index (χ1v) is 8.18. The number of rotatable bonds is 5. The predicted molar refractivity (Wildman–Crippen MR) is 87.5 cm³/mol. The summed E-state index contributed by atoms with van der Waals surface area (Å²) >= 11 is 1.93. The number of para-hydroxylation sites is 1. The van der Waals surface area contributed by atoms with E-state index in [2.05, 4.69) is 60.5 Å². The highest BCUT2D eigenvalue weighted by Crippen LogP contribution is 2.30. The van der Waals surface area contributed by atoms with Gasteiger partial charge in [0.05, 0.1) is 6.54 Å². The third-order valence-electron chi connectivity index (χ3n) is 3.73. The van der Waals surface area contributed by atoms with Gasteiger partial charge < -0.3 is 10.2 Å². The minimum absolute atomic E-state index is 0.547. The number of nitrogens with zero attached hydrogens (tertiary/aromatic N) is 1. The fourth-order valence-electron chi connectivity index (χ4n) is 2.67. The lowest BCUT2D eigenvalue weighted by molar-refractivity contribution is 0.593.